The van der Waals surface area contributed by atoms with E-state index in [4.69, 9.17) is 0 Å². The van der Waals surface area contributed by atoms with Crippen molar-refractivity contribution in [2.45, 2.75) is 27.7 Å². The molecule has 0 N–H and O–H groups in total. The first-order chi connectivity index (χ1) is 8.49. The van der Waals surface area contributed by atoms with Crippen LogP contribution in [0.2, 0.25) is 0 Å². The minimum atomic E-state index is 0.124. The normalized spacial score (nSPS) is 10.4. The Morgan fingerprint density at radius 3 is 1.83 bits per heavy atom. The quantitative estimate of drug-likeness (QED) is 0.705. The highest BCUT2D eigenvalue weighted by atomic mass is 16.1. The molecule has 0 aliphatic rings. The predicted octanol–water partition coefficient (Wildman–Crippen LogP) is 4.48. The van der Waals surface area contributed by atoms with Crippen molar-refractivity contribution < 1.29 is 4.79 Å². The summed E-state index contributed by atoms with van der Waals surface area (Å²) in [5.74, 6) is 0.124. The summed E-state index contributed by atoms with van der Waals surface area (Å²) in [7, 11) is 0. The van der Waals surface area contributed by atoms with Crippen LogP contribution in [0.25, 0.3) is 11.1 Å². The Hall–Kier alpha value is -1.89. The molecule has 0 aliphatic carbocycles. The summed E-state index contributed by atoms with van der Waals surface area (Å²) in [6.07, 6.45) is 0. The van der Waals surface area contributed by atoms with Gasteiger partial charge in [0, 0.05) is 5.56 Å². The van der Waals surface area contributed by atoms with Crippen molar-refractivity contribution in [1.29, 1.82) is 0 Å². The Morgan fingerprint density at radius 2 is 1.33 bits per heavy atom. The Morgan fingerprint density at radius 1 is 0.778 bits per heavy atom. The fraction of sp³-hybridized carbons (Fsp3) is 0.235. The summed E-state index contributed by atoms with van der Waals surface area (Å²) >= 11 is 0. The van der Waals surface area contributed by atoms with Gasteiger partial charge in [-0.1, -0.05) is 36.4 Å². The first-order valence-electron chi connectivity index (χ1n) is 6.18. The lowest BCUT2D eigenvalue weighted by Crippen LogP contribution is -1.96. The summed E-state index contributed by atoms with van der Waals surface area (Å²) < 4.78 is 0. The van der Waals surface area contributed by atoms with E-state index in [2.05, 4.69) is 38.1 Å². The minimum absolute atomic E-state index is 0.124. The van der Waals surface area contributed by atoms with Gasteiger partial charge >= 0.3 is 0 Å². The zero-order valence-electron chi connectivity index (χ0n) is 11.4. The topological polar surface area (TPSA) is 17.1 Å². The van der Waals surface area contributed by atoms with Crippen molar-refractivity contribution in [3.05, 3.63) is 58.7 Å². The number of Topliss-reactive ketones (excluding diaryl/α,β-unsaturated/α-hetero) is 1. The third-order valence-electron chi connectivity index (χ3n) is 3.45. The van der Waals surface area contributed by atoms with Crippen LogP contribution >= 0.6 is 0 Å². The number of carbonyl (C=O) groups excluding carboxylic acids is 1. The van der Waals surface area contributed by atoms with Gasteiger partial charge in [0.25, 0.3) is 0 Å². The number of hydrogen-bond donors (Lipinski definition) is 0. The first-order valence-corrected chi connectivity index (χ1v) is 6.18. The van der Waals surface area contributed by atoms with Gasteiger partial charge in [0.15, 0.2) is 5.78 Å². The largest absolute Gasteiger partial charge is 0.295 e. The van der Waals surface area contributed by atoms with Gasteiger partial charge in [0.1, 0.15) is 0 Å². The summed E-state index contributed by atoms with van der Waals surface area (Å²) in [6.45, 7) is 7.83. The molecule has 0 aliphatic heterocycles. The van der Waals surface area contributed by atoms with Gasteiger partial charge < -0.3 is 0 Å². The molecule has 18 heavy (non-hydrogen) atoms. The molecule has 0 unspecified atom stereocenters. The molecule has 0 radical (unpaired) electrons. The number of aryl methyl sites for hydroxylation is 3. The third-order valence-corrected chi connectivity index (χ3v) is 3.45. The third kappa shape index (κ3) is 2.35. The molecule has 92 valence electrons. The fourth-order valence-electron chi connectivity index (χ4n) is 2.16. The van der Waals surface area contributed by atoms with Crippen LogP contribution in [0, 0.1) is 20.8 Å². The molecule has 0 spiro atoms. The van der Waals surface area contributed by atoms with Gasteiger partial charge in [0.2, 0.25) is 0 Å². The molecule has 0 heterocycles. The number of carbonyl (C=O) groups is 1. The summed E-state index contributed by atoms with van der Waals surface area (Å²) in [6, 6.07) is 12.5. The Balaban J connectivity index is 2.48. The van der Waals surface area contributed by atoms with E-state index < -0.39 is 0 Å². The van der Waals surface area contributed by atoms with Crippen molar-refractivity contribution in [3.63, 3.8) is 0 Å². The van der Waals surface area contributed by atoms with Crippen LogP contribution in [0.15, 0.2) is 36.4 Å². The van der Waals surface area contributed by atoms with Gasteiger partial charge in [-0.3, -0.25) is 4.79 Å². The van der Waals surface area contributed by atoms with E-state index in [1.807, 2.05) is 19.1 Å². The van der Waals surface area contributed by atoms with Crippen molar-refractivity contribution in [2.24, 2.45) is 0 Å². The molecule has 0 amide bonds. The molecular formula is C17H18O. The van der Waals surface area contributed by atoms with E-state index in [9.17, 15) is 4.79 Å². The second-order valence-electron chi connectivity index (χ2n) is 4.88. The van der Waals surface area contributed by atoms with Crippen molar-refractivity contribution in [3.8, 4) is 11.1 Å². The Labute approximate surface area is 108 Å². The van der Waals surface area contributed by atoms with Crippen LogP contribution in [-0.4, -0.2) is 5.78 Å². The van der Waals surface area contributed by atoms with Crippen LogP contribution in [0.5, 0.6) is 0 Å². The molecule has 0 aromatic heterocycles. The molecule has 1 nitrogen and oxygen atoms in total. The van der Waals surface area contributed by atoms with E-state index in [1.165, 1.54) is 22.3 Å². The maximum atomic E-state index is 11.4. The van der Waals surface area contributed by atoms with E-state index >= 15 is 0 Å². The first kappa shape index (κ1) is 12.6. The molecule has 0 atom stereocenters. The summed E-state index contributed by atoms with van der Waals surface area (Å²) in [4.78, 5) is 11.4. The molecule has 1 heteroatoms. The van der Waals surface area contributed by atoms with Gasteiger partial charge in [-0.25, -0.2) is 0 Å². The van der Waals surface area contributed by atoms with Gasteiger partial charge in [-0.15, -0.1) is 0 Å². The Bertz CT molecular complexity index is 609. The van der Waals surface area contributed by atoms with Crippen LogP contribution in [0.4, 0.5) is 0 Å². The number of benzene rings is 2. The molecule has 2 aromatic rings. The average molecular weight is 238 g/mol. The van der Waals surface area contributed by atoms with Crippen LogP contribution in [0.1, 0.15) is 34.0 Å². The van der Waals surface area contributed by atoms with Gasteiger partial charge in [-0.2, -0.15) is 0 Å². The number of rotatable bonds is 2. The van der Waals surface area contributed by atoms with E-state index in [-0.39, 0.29) is 5.78 Å². The second-order valence-corrected chi connectivity index (χ2v) is 4.88. The molecular weight excluding hydrogens is 220 g/mol. The highest BCUT2D eigenvalue weighted by molar-refractivity contribution is 5.96. The van der Waals surface area contributed by atoms with E-state index in [1.54, 1.807) is 6.92 Å². The molecule has 0 fully saturated rings. The van der Waals surface area contributed by atoms with E-state index in [0.29, 0.717) is 0 Å². The summed E-state index contributed by atoms with van der Waals surface area (Å²) in [5.41, 5.74) is 6.81. The standard InChI is InChI=1S/C17H18O/c1-11-5-6-15(9-12(11)2)16-7-8-17(14(4)18)13(3)10-16/h5-10H,1-4H3. The highest BCUT2D eigenvalue weighted by Crippen LogP contribution is 2.24. The summed E-state index contributed by atoms with van der Waals surface area (Å²) in [5, 5.41) is 0. The lowest BCUT2D eigenvalue weighted by Gasteiger charge is -2.08. The maximum Gasteiger partial charge on any atom is 0.160 e. The minimum Gasteiger partial charge on any atom is -0.295 e. The zero-order chi connectivity index (χ0) is 13.3. The molecule has 0 saturated carbocycles. The average Bonchev–Trinajstić information content (AvgIpc) is 2.32. The van der Waals surface area contributed by atoms with Crippen molar-refractivity contribution in [1.82, 2.24) is 0 Å². The fourth-order valence-corrected chi connectivity index (χ4v) is 2.16. The molecule has 0 saturated heterocycles. The second kappa shape index (κ2) is 4.77. The van der Waals surface area contributed by atoms with Crippen LogP contribution < -0.4 is 0 Å². The number of hydrogen-bond acceptors (Lipinski definition) is 1. The SMILES string of the molecule is CC(=O)c1ccc(-c2ccc(C)c(C)c2)cc1C. The van der Waals surface area contributed by atoms with Gasteiger partial charge in [0.05, 0.1) is 0 Å². The predicted molar refractivity (Wildman–Crippen MR) is 76.1 cm³/mol. The van der Waals surface area contributed by atoms with Crippen molar-refractivity contribution >= 4 is 5.78 Å². The van der Waals surface area contributed by atoms with Crippen LogP contribution in [0.3, 0.4) is 0 Å². The zero-order valence-corrected chi connectivity index (χ0v) is 11.4. The molecule has 2 aromatic carbocycles. The Kier molecular flexibility index (Phi) is 3.33. The smallest absolute Gasteiger partial charge is 0.160 e. The maximum absolute atomic E-state index is 11.4. The highest BCUT2D eigenvalue weighted by Gasteiger charge is 2.06. The van der Waals surface area contributed by atoms with Gasteiger partial charge in [-0.05, 0) is 55.5 Å². The number of ketones is 1. The monoisotopic (exact) mass is 238 g/mol. The molecule has 2 rings (SSSR count). The lowest BCUT2D eigenvalue weighted by atomic mass is 9.96. The molecule has 0 bridgehead atoms. The van der Waals surface area contributed by atoms with Crippen LogP contribution in [-0.2, 0) is 0 Å². The van der Waals surface area contributed by atoms with E-state index in [0.717, 1.165) is 11.1 Å². The lowest BCUT2D eigenvalue weighted by molar-refractivity contribution is 0.101. The van der Waals surface area contributed by atoms with Crippen molar-refractivity contribution in [2.75, 3.05) is 0 Å².